The van der Waals surface area contributed by atoms with Crippen LogP contribution in [0.25, 0.3) is 0 Å². The van der Waals surface area contributed by atoms with Gasteiger partial charge in [0.1, 0.15) is 0 Å². The Bertz CT molecular complexity index is 108. The summed E-state index contributed by atoms with van der Waals surface area (Å²) < 4.78 is 0. The van der Waals surface area contributed by atoms with Crippen molar-refractivity contribution in [3.05, 3.63) is 0 Å². The molecule has 0 unspecified atom stereocenters. The molecule has 0 spiro atoms. The van der Waals surface area contributed by atoms with Gasteiger partial charge in [-0.25, -0.2) is 0 Å². The molecule has 0 radical (unpaired) electrons. The van der Waals surface area contributed by atoms with Crippen LogP contribution in [0.4, 0.5) is 0 Å². The fourth-order valence-corrected chi connectivity index (χ4v) is 1.03. The van der Waals surface area contributed by atoms with Gasteiger partial charge in [0.05, 0.1) is 0 Å². The van der Waals surface area contributed by atoms with Gasteiger partial charge in [0.15, 0.2) is 0 Å². The van der Waals surface area contributed by atoms with Crippen molar-refractivity contribution in [3.63, 3.8) is 0 Å². The Labute approximate surface area is 69.8 Å². The summed E-state index contributed by atoms with van der Waals surface area (Å²) in [5, 5.41) is 0. The molecule has 0 aromatic heterocycles. The summed E-state index contributed by atoms with van der Waals surface area (Å²) in [5.74, 6) is 6.98. The van der Waals surface area contributed by atoms with E-state index in [-0.39, 0.29) is 0 Å². The maximum Gasteiger partial charge on any atom is 0.00885 e. The maximum atomic E-state index is 4.14. The first-order chi connectivity index (χ1) is 4.91. The number of unbranched alkanes of at least 4 members (excludes halogenated alkanes) is 4. The molecule has 0 aromatic rings. The van der Waals surface area contributed by atoms with Crippen molar-refractivity contribution >= 4 is 12.6 Å². The molecule has 0 saturated heterocycles. The average molecular weight is 156 g/mol. The van der Waals surface area contributed by atoms with Crippen LogP contribution in [0.15, 0.2) is 0 Å². The topological polar surface area (TPSA) is 0 Å². The second-order valence-corrected chi connectivity index (χ2v) is 2.76. The molecule has 0 N–H and O–H groups in total. The lowest BCUT2D eigenvalue weighted by Crippen LogP contribution is -1.77. The van der Waals surface area contributed by atoms with E-state index >= 15 is 0 Å². The summed E-state index contributed by atoms with van der Waals surface area (Å²) in [5.41, 5.74) is 0. The molecule has 10 heavy (non-hydrogen) atoms. The molecule has 0 aliphatic carbocycles. The predicted octanol–water partition coefficient (Wildman–Crippen LogP) is 2.89. The van der Waals surface area contributed by atoms with Crippen LogP contribution < -0.4 is 0 Å². The quantitative estimate of drug-likeness (QED) is 0.353. The van der Waals surface area contributed by atoms with Crippen LogP contribution >= 0.6 is 12.6 Å². The first-order valence-electron chi connectivity index (χ1n) is 3.92. The van der Waals surface area contributed by atoms with Gasteiger partial charge in [-0.3, -0.25) is 0 Å². The van der Waals surface area contributed by atoms with Crippen LogP contribution in [0.3, 0.4) is 0 Å². The Balaban J connectivity index is 2.82. The summed E-state index contributed by atoms with van der Waals surface area (Å²) in [6.07, 6.45) is 6.21. The van der Waals surface area contributed by atoms with E-state index in [4.69, 9.17) is 0 Å². The molecule has 0 fully saturated rings. The van der Waals surface area contributed by atoms with Gasteiger partial charge in [-0.1, -0.05) is 12.8 Å². The van der Waals surface area contributed by atoms with E-state index in [0.717, 1.165) is 12.2 Å². The lowest BCUT2D eigenvalue weighted by atomic mass is 10.2. The van der Waals surface area contributed by atoms with Gasteiger partial charge in [0.2, 0.25) is 0 Å². The molecule has 0 atom stereocenters. The van der Waals surface area contributed by atoms with Crippen LogP contribution in [-0.2, 0) is 0 Å². The van der Waals surface area contributed by atoms with Crippen molar-refractivity contribution in [1.82, 2.24) is 0 Å². The zero-order chi connectivity index (χ0) is 7.66. The van der Waals surface area contributed by atoms with Gasteiger partial charge in [-0.05, 0) is 25.5 Å². The smallest absolute Gasteiger partial charge is 0.00885 e. The molecular weight excluding hydrogens is 140 g/mol. The molecule has 58 valence electrons. The largest absolute Gasteiger partial charge is 0.179 e. The molecule has 0 aliphatic rings. The van der Waals surface area contributed by atoms with Gasteiger partial charge in [0.25, 0.3) is 0 Å². The standard InChI is InChI=1S/C9H16S/c1-2-3-4-5-6-7-8-9-10/h10H,4-9H2,1H3. The van der Waals surface area contributed by atoms with E-state index in [9.17, 15) is 0 Å². The van der Waals surface area contributed by atoms with Crippen LogP contribution in [0, 0.1) is 11.8 Å². The monoisotopic (exact) mass is 156 g/mol. The van der Waals surface area contributed by atoms with Gasteiger partial charge in [-0.2, -0.15) is 12.6 Å². The molecule has 0 aromatic carbocycles. The summed E-state index contributed by atoms with van der Waals surface area (Å²) in [6.45, 7) is 1.90. The molecule has 1 heteroatoms. The Kier molecular flexibility index (Phi) is 8.83. The minimum absolute atomic E-state index is 1.03. The van der Waals surface area contributed by atoms with Crippen LogP contribution in [-0.4, -0.2) is 5.75 Å². The SMILES string of the molecule is CC#CCCCCCCS. The number of hydrogen-bond acceptors (Lipinski definition) is 1. The van der Waals surface area contributed by atoms with Crippen molar-refractivity contribution in [2.75, 3.05) is 5.75 Å². The number of hydrogen-bond donors (Lipinski definition) is 1. The Morgan fingerprint density at radius 3 is 2.40 bits per heavy atom. The minimum Gasteiger partial charge on any atom is -0.179 e. The first-order valence-corrected chi connectivity index (χ1v) is 4.55. The van der Waals surface area contributed by atoms with E-state index in [1.807, 2.05) is 6.92 Å². The summed E-state index contributed by atoms with van der Waals surface area (Å²) in [6, 6.07) is 0. The average Bonchev–Trinajstić information content (AvgIpc) is 1.97. The summed E-state index contributed by atoms with van der Waals surface area (Å²) in [7, 11) is 0. The Hall–Kier alpha value is -0.0900. The Morgan fingerprint density at radius 2 is 1.80 bits per heavy atom. The van der Waals surface area contributed by atoms with Crippen LogP contribution in [0.1, 0.15) is 39.0 Å². The third-order valence-electron chi connectivity index (χ3n) is 1.39. The predicted molar refractivity (Wildman–Crippen MR) is 50.4 cm³/mol. The highest BCUT2D eigenvalue weighted by Gasteiger charge is 1.85. The minimum atomic E-state index is 1.03. The molecule has 0 nitrogen and oxygen atoms in total. The molecule has 0 heterocycles. The van der Waals surface area contributed by atoms with Gasteiger partial charge >= 0.3 is 0 Å². The summed E-state index contributed by atoms with van der Waals surface area (Å²) in [4.78, 5) is 0. The van der Waals surface area contributed by atoms with Gasteiger partial charge < -0.3 is 0 Å². The zero-order valence-electron chi connectivity index (χ0n) is 6.69. The normalized spacial score (nSPS) is 8.60. The Morgan fingerprint density at radius 1 is 1.10 bits per heavy atom. The van der Waals surface area contributed by atoms with E-state index in [2.05, 4.69) is 24.5 Å². The van der Waals surface area contributed by atoms with Crippen molar-refractivity contribution < 1.29 is 0 Å². The lowest BCUT2D eigenvalue weighted by Gasteiger charge is -1.93. The fourth-order valence-electron chi connectivity index (χ4n) is 0.804. The van der Waals surface area contributed by atoms with E-state index in [1.54, 1.807) is 0 Å². The molecule has 0 saturated carbocycles. The van der Waals surface area contributed by atoms with Crippen molar-refractivity contribution in [2.45, 2.75) is 39.0 Å². The molecule has 0 rings (SSSR count). The van der Waals surface area contributed by atoms with Crippen molar-refractivity contribution in [1.29, 1.82) is 0 Å². The van der Waals surface area contributed by atoms with Gasteiger partial charge in [0, 0.05) is 6.42 Å². The second kappa shape index (κ2) is 8.91. The highest BCUT2D eigenvalue weighted by atomic mass is 32.1. The number of thiol groups is 1. The third kappa shape index (κ3) is 7.91. The van der Waals surface area contributed by atoms with Crippen LogP contribution in [0.2, 0.25) is 0 Å². The molecule has 0 amide bonds. The van der Waals surface area contributed by atoms with E-state index in [0.29, 0.717) is 0 Å². The lowest BCUT2D eigenvalue weighted by molar-refractivity contribution is 0.684. The third-order valence-corrected chi connectivity index (χ3v) is 1.70. The van der Waals surface area contributed by atoms with Crippen LogP contribution in [0.5, 0.6) is 0 Å². The van der Waals surface area contributed by atoms with Gasteiger partial charge in [-0.15, -0.1) is 11.8 Å². The molecule has 0 aliphatic heterocycles. The summed E-state index contributed by atoms with van der Waals surface area (Å²) >= 11 is 4.14. The molecular formula is C9H16S. The highest BCUT2D eigenvalue weighted by molar-refractivity contribution is 7.80. The highest BCUT2D eigenvalue weighted by Crippen LogP contribution is 2.02. The number of rotatable bonds is 5. The zero-order valence-corrected chi connectivity index (χ0v) is 7.58. The van der Waals surface area contributed by atoms with E-state index < -0.39 is 0 Å². The van der Waals surface area contributed by atoms with Crippen molar-refractivity contribution in [2.24, 2.45) is 0 Å². The maximum absolute atomic E-state index is 4.14. The molecule has 0 bridgehead atoms. The second-order valence-electron chi connectivity index (χ2n) is 2.31. The van der Waals surface area contributed by atoms with Crippen molar-refractivity contribution in [3.8, 4) is 11.8 Å². The van der Waals surface area contributed by atoms with E-state index in [1.165, 1.54) is 25.7 Å². The first kappa shape index (κ1) is 9.91. The fraction of sp³-hybridized carbons (Fsp3) is 0.778.